The second-order valence-electron chi connectivity index (χ2n) is 5.92. The maximum atomic E-state index is 12.3. The molecule has 6 nitrogen and oxygen atoms in total. The molecule has 0 heterocycles. The zero-order valence-electron chi connectivity index (χ0n) is 15.5. The van der Waals surface area contributed by atoms with Gasteiger partial charge in [-0.25, -0.2) is 4.79 Å². The highest BCUT2D eigenvalue weighted by Gasteiger charge is 2.15. The minimum atomic E-state index is -0.414. The lowest BCUT2D eigenvalue weighted by Crippen LogP contribution is -2.31. The van der Waals surface area contributed by atoms with Crippen molar-refractivity contribution in [2.24, 2.45) is 0 Å². The van der Waals surface area contributed by atoms with Crippen LogP contribution in [0.3, 0.4) is 0 Å². The van der Waals surface area contributed by atoms with Gasteiger partial charge in [0.15, 0.2) is 0 Å². The summed E-state index contributed by atoms with van der Waals surface area (Å²) in [6, 6.07) is 11.9. The van der Waals surface area contributed by atoms with E-state index in [0.717, 1.165) is 16.9 Å². The molecule has 2 N–H and O–H groups in total. The lowest BCUT2D eigenvalue weighted by molar-refractivity contribution is -0.131. The number of hydrogen-bond acceptors (Lipinski definition) is 4. The summed E-state index contributed by atoms with van der Waals surface area (Å²) in [4.78, 5) is 23.3. The molecule has 0 saturated heterocycles. The van der Waals surface area contributed by atoms with Gasteiger partial charge in [0.05, 0.1) is 12.6 Å². The molecular weight excluding hydrogens is 332 g/mol. The van der Waals surface area contributed by atoms with Crippen molar-refractivity contribution in [3.63, 3.8) is 0 Å². The molecule has 138 valence electrons. The van der Waals surface area contributed by atoms with Crippen molar-refractivity contribution in [3.8, 4) is 11.5 Å². The van der Waals surface area contributed by atoms with Gasteiger partial charge in [-0.2, -0.15) is 0 Å². The van der Waals surface area contributed by atoms with Crippen LogP contribution >= 0.6 is 0 Å². The van der Waals surface area contributed by atoms with E-state index in [4.69, 9.17) is 9.47 Å². The third-order valence-corrected chi connectivity index (χ3v) is 3.63. The number of aryl methyl sites for hydroxylation is 1. The lowest BCUT2D eigenvalue weighted by atomic mass is 10.0. The molecular formula is C20H24N2O4. The molecule has 1 atom stereocenters. The number of ether oxygens (including phenoxy) is 2. The van der Waals surface area contributed by atoms with Crippen molar-refractivity contribution < 1.29 is 19.1 Å². The van der Waals surface area contributed by atoms with Crippen LogP contribution in [0.25, 0.3) is 0 Å². The molecule has 0 aliphatic rings. The summed E-state index contributed by atoms with van der Waals surface area (Å²) in [5.41, 5.74) is 2.53. The molecule has 0 bridgehead atoms. The quantitative estimate of drug-likeness (QED) is 0.601. The van der Waals surface area contributed by atoms with Gasteiger partial charge in [0.25, 0.3) is 0 Å². The molecule has 0 saturated carbocycles. The number of carbonyl (C=O) groups excluding carboxylic acids is 2. The second kappa shape index (κ2) is 8.89. The highest BCUT2D eigenvalue weighted by atomic mass is 16.5. The standard InChI is InChI=1S/C20H24N2O4/c1-5-25-19-10-9-13(2)11-18(19)14(3)21-20(24)22-16-7-6-8-17(12-16)26-15(4)23/h6-12,14H,5H2,1-4H3,(H2,21,22,24). The maximum Gasteiger partial charge on any atom is 0.319 e. The predicted octanol–water partition coefficient (Wildman–Crippen LogP) is 4.20. The summed E-state index contributed by atoms with van der Waals surface area (Å²) in [7, 11) is 0. The number of carbonyl (C=O) groups is 2. The molecule has 6 heteroatoms. The van der Waals surface area contributed by atoms with E-state index in [0.29, 0.717) is 18.0 Å². The molecule has 0 aromatic heterocycles. The number of urea groups is 1. The van der Waals surface area contributed by atoms with E-state index >= 15 is 0 Å². The fourth-order valence-electron chi connectivity index (χ4n) is 2.54. The number of rotatable bonds is 6. The van der Waals surface area contributed by atoms with Crippen molar-refractivity contribution in [1.29, 1.82) is 0 Å². The first kappa shape index (κ1) is 19.3. The minimum Gasteiger partial charge on any atom is -0.494 e. The second-order valence-corrected chi connectivity index (χ2v) is 5.92. The number of esters is 1. The Bertz CT molecular complexity index is 789. The van der Waals surface area contributed by atoms with Crippen LogP contribution in [0.4, 0.5) is 10.5 Å². The minimum absolute atomic E-state index is 0.242. The van der Waals surface area contributed by atoms with Gasteiger partial charge in [-0.05, 0) is 39.0 Å². The van der Waals surface area contributed by atoms with E-state index in [1.807, 2.05) is 39.0 Å². The average Bonchev–Trinajstić information content (AvgIpc) is 2.56. The van der Waals surface area contributed by atoms with Gasteiger partial charge in [0.1, 0.15) is 11.5 Å². The summed E-state index contributed by atoms with van der Waals surface area (Å²) in [6.45, 7) is 7.69. The molecule has 2 aromatic carbocycles. The van der Waals surface area contributed by atoms with Crippen molar-refractivity contribution in [3.05, 3.63) is 53.6 Å². The molecule has 0 radical (unpaired) electrons. The monoisotopic (exact) mass is 356 g/mol. The Morgan fingerprint density at radius 1 is 1.15 bits per heavy atom. The SMILES string of the molecule is CCOc1ccc(C)cc1C(C)NC(=O)Nc1cccc(OC(C)=O)c1. The van der Waals surface area contributed by atoms with Crippen LogP contribution in [0, 0.1) is 6.92 Å². The molecule has 26 heavy (non-hydrogen) atoms. The zero-order valence-corrected chi connectivity index (χ0v) is 15.5. The van der Waals surface area contributed by atoms with E-state index in [1.165, 1.54) is 6.92 Å². The number of anilines is 1. The fourth-order valence-corrected chi connectivity index (χ4v) is 2.54. The molecule has 0 spiro atoms. The van der Waals surface area contributed by atoms with Crippen molar-refractivity contribution >= 4 is 17.7 Å². The van der Waals surface area contributed by atoms with Gasteiger partial charge in [-0.1, -0.05) is 23.8 Å². The fraction of sp³-hybridized carbons (Fsp3) is 0.300. The summed E-state index contributed by atoms with van der Waals surface area (Å²) in [5, 5.41) is 5.63. The zero-order chi connectivity index (χ0) is 19.1. The molecule has 2 aromatic rings. The molecule has 2 rings (SSSR count). The van der Waals surface area contributed by atoms with Gasteiger partial charge in [-0.15, -0.1) is 0 Å². The summed E-state index contributed by atoms with van der Waals surface area (Å²) < 4.78 is 10.7. The summed E-state index contributed by atoms with van der Waals surface area (Å²) >= 11 is 0. The number of benzene rings is 2. The Hall–Kier alpha value is -3.02. The van der Waals surface area contributed by atoms with Gasteiger partial charge < -0.3 is 20.1 Å². The molecule has 2 amide bonds. The Morgan fingerprint density at radius 2 is 1.92 bits per heavy atom. The van der Waals surface area contributed by atoms with E-state index in [9.17, 15) is 9.59 Å². The first-order valence-corrected chi connectivity index (χ1v) is 8.48. The highest BCUT2D eigenvalue weighted by molar-refractivity contribution is 5.89. The number of hydrogen-bond donors (Lipinski definition) is 2. The van der Waals surface area contributed by atoms with E-state index in [-0.39, 0.29) is 12.1 Å². The third kappa shape index (κ3) is 5.51. The van der Waals surface area contributed by atoms with Crippen LogP contribution in [0.15, 0.2) is 42.5 Å². The van der Waals surface area contributed by atoms with Crippen LogP contribution in [-0.2, 0) is 4.79 Å². The van der Waals surface area contributed by atoms with Gasteiger partial charge in [-0.3, -0.25) is 4.79 Å². The van der Waals surface area contributed by atoms with Crippen LogP contribution < -0.4 is 20.1 Å². The molecule has 1 unspecified atom stereocenters. The normalized spacial score (nSPS) is 11.4. The van der Waals surface area contributed by atoms with Crippen LogP contribution in [0.1, 0.15) is 37.9 Å². The average molecular weight is 356 g/mol. The van der Waals surface area contributed by atoms with E-state index < -0.39 is 5.97 Å². The third-order valence-electron chi connectivity index (χ3n) is 3.63. The summed E-state index contributed by atoms with van der Waals surface area (Å²) in [5.74, 6) is 0.714. The van der Waals surface area contributed by atoms with Crippen LogP contribution in [0.2, 0.25) is 0 Å². The van der Waals surface area contributed by atoms with Crippen molar-refractivity contribution in [1.82, 2.24) is 5.32 Å². The molecule has 0 fully saturated rings. The first-order valence-electron chi connectivity index (χ1n) is 8.48. The predicted molar refractivity (Wildman–Crippen MR) is 101 cm³/mol. The van der Waals surface area contributed by atoms with Gasteiger partial charge in [0, 0.05) is 24.2 Å². The van der Waals surface area contributed by atoms with E-state index in [2.05, 4.69) is 10.6 Å². The van der Waals surface area contributed by atoms with Crippen LogP contribution in [-0.4, -0.2) is 18.6 Å². The Labute approximate surface area is 153 Å². The Kier molecular flexibility index (Phi) is 6.60. The number of nitrogens with one attached hydrogen (secondary N) is 2. The lowest BCUT2D eigenvalue weighted by Gasteiger charge is -2.19. The largest absolute Gasteiger partial charge is 0.494 e. The molecule has 0 aliphatic carbocycles. The smallest absolute Gasteiger partial charge is 0.319 e. The number of amides is 2. The Balaban J connectivity index is 2.06. The maximum absolute atomic E-state index is 12.3. The van der Waals surface area contributed by atoms with Gasteiger partial charge >= 0.3 is 12.0 Å². The topological polar surface area (TPSA) is 76.7 Å². The van der Waals surface area contributed by atoms with E-state index in [1.54, 1.807) is 24.3 Å². The van der Waals surface area contributed by atoms with Gasteiger partial charge in [0.2, 0.25) is 0 Å². The molecule has 0 aliphatic heterocycles. The Morgan fingerprint density at radius 3 is 2.62 bits per heavy atom. The van der Waals surface area contributed by atoms with Crippen molar-refractivity contribution in [2.45, 2.75) is 33.7 Å². The summed E-state index contributed by atoms with van der Waals surface area (Å²) in [6.07, 6.45) is 0. The van der Waals surface area contributed by atoms with Crippen LogP contribution in [0.5, 0.6) is 11.5 Å². The van der Waals surface area contributed by atoms with Crippen molar-refractivity contribution in [2.75, 3.05) is 11.9 Å². The highest BCUT2D eigenvalue weighted by Crippen LogP contribution is 2.26. The first-order chi connectivity index (χ1) is 12.4.